The first-order chi connectivity index (χ1) is 15.9. The Morgan fingerprint density at radius 3 is 2.45 bits per heavy atom. The summed E-state index contributed by atoms with van der Waals surface area (Å²) in [6.45, 7) is 6.42. The zero-order valence-electron chi connectivity index (χ0n) is 18.7. The second-order valence-corrected chi connectivity index (χ2v) is 10.1. The van der Waals surface area contributed by atoms with Crippen LogP contribution in [0.1, 0.15) is 17.0 Å². The molecule has 1 aliphatic rings. The Hall–Kier alpha value is -2.59. The minimum absolute atomic E-state index is 0.148. The summed E-state index contributed by atoms with van der Waals surface area (Å²) in [7, 11) is -3.72. The van der Waals surface area contributed by atoms with Crippen molar-refractivity contribution < 1.29 is 17.5 Å². The van der Waals surface area contributed by atoms with Gasteiger partial charge in [-0.15, -0.1) is 0 Å². The fourth-order valence-electron chi connectivity index (χ4n) is 3.80. The topological polar surface area (TPSA) is 67.7 Å². The summed E-state index contributed by atoms with van der Waals surface area (Å²) < 4.78 is 49.2. The van der Waals surface area contributed by atoms with Gasteiger partial charge in [0.15, 0.2) is 0 Å². The van der Waals surface area contributed by atoms with Gasteiger partial charge in [-0.05, 0) is 36.8 Å². The Balaban J connectivity index is 1.56. The number of nitrogens with zero attached hydrogens (tertiary/aromatic N) is 4. The fraction of sp³-hybridized carbons (Fsp3) is 0.375. The minimum atomic E-state index is -3.72. The highest BCUT2D eigenvalue weighted by Crippen LogP contribution is 2.19. The molecule has 0 N–H and O–H groups in total. The predicted molar refractivity (Wildman–Crippen MR) is 124 cm³/mol. The summed E-state index contributed by atoms with van der Waals surface area (Å²) in [5.41, 5.74) is 1.92. The molecule has 0 bridgehead atoms. The Kier molecular flexibility index (Phi) is 7.54. The smallest absolute Gasteiger partial charge is 0.243 e. The van der Waals surface area contributed by atoms with E-state index in [2.05, 4.69) is 9.88 Å². The molecule has 0 radical (unpaired) electrons. The highest BCUT2D eigenvalue weighted by molar-refractivity contribution is 7.89. The van der Waals surface area contributed by atoms with Gasteiger partial charge >= 0.3 is 0 Å². The molecule has 3 aromatic rings. The van der Waals surface area contributed by atoms with Gasteiger partial charge in [0.05, 0.1) is 24.7 Å². The van der Waals surface area contributed by atoms with Crippen LogP contribution in [0.4, 0.5) is 4.39 Å². The van der Waals surface area contributed by atoms with Gasteiger partial charge in [-0.1, -0.05) is 29.8 Å². The summed E-state index contributed by atoms with van der Waals surface area (Å²) in [6.07, 6.45) is 3.48. The third-order valence-electron chi connectivity index (χ3n) is 5.81. The van der Waals surface area contributed by atoms with E-state index in [1.54, 1.807) is 30.5 Å². The second-order valence-electron chi connectivity index (χ2n) is 8.20. The van der Waals surface area contributed by atoms with E-state index in [9.17, 15) is 12.8 Å². The SMILES string of the molecule is Cc1ccc(S(=O)(=O)N(CCN2CCOCC2)Cc2nccn2Cc2ccc(F)cc2)cc1. The molecule has 0 spiro atoms. The molecule has 2 aromatic carbocycles. The van der Waals surface area contributed by atoms with Crippen molar-refractivity contribution in [2.24, 2.45) is 0 Å². The Bertz CT molecular complexity index is 1140. The first-order valence-corrected chi connectivity index (χ1v) is 12.5. The van der Waals surface area contributed by atoms with Crippen LogP contribution >= 0.6 is 0 Å². The molecule has 4 rings (SSSR count). The lowest BCUT2D eigenvalue weighted by Crippen LogP contribution is -2.43. The van der Waals surface area contributed by atoms with Gasteiger partial charge in [-0.25, -0.2) is 17.8 Å². The highest BCUT2D eigenvalue weighted by atomic mass is 32.2. The molecule has 1 saturated heterocycles. The molecule has 33 heavy (non-hydrogen) atoms. The van der Waals surface area contributed by atoms with Crippen molar-refractivity contribution >= 4 is 10.0 Å². The third-order valence-corrected chi connectivity index (χ3v) is 7.67. The number of morpholine rings is 1. The summed E-state index contributed by atoms with van der Waals surface area (Å²) in [6, 6.07) is 13.2. The number of hydrogen-bond acceptors (Lipinski definition) is 5. The van der Waals surface area contributed by atoms with Crippen molar-refractivity contribution in [2.45, 2.75) is 24.9 Å². The maximum atomic E-state index is 13.6. The van der Waals surface area contributed by atoms with Crippen LogP contribution in [0.15, 0.2) is 65.8 Å². The molecule has 9 heteroatoms. The maximum Gasteiger partial charge on any atom is 0.243 e. The molecule has 2 heterocycles. The van der Waals surface area contributed by atoms with Crippen LogP contribution in [-0.2, 0) is 27.8 Å². The van der Waals surface area contributed by atoms with Crippen molar-refractivity contribution in [3.05, 3.63) is 83.7 Å². The van der Waals surface area contributed by atoms with Gasteiger partial charge in [0.1, 0.15) is 11.6 Å². The van der Waals surface area contributed by atoms with Gasteiger partial charge in [0.25, 0.3) is 0 Å². The van der Waals surface area contributed by atoms with E-state index in [0.717, 1.165) is 24.2 Å². The number of aromatic nitrogens is 2. The average Bonchev–Trinajstić information content (AvgIpc) is 3.25. The molecular weight excluding hydrogens is 443 g/mol. The maximum absolute atomic E-state index is 13.6. The van der Waals surface area contributed by atoms with Crippen LogP contribution in [0, 0.1) is 12.7 Å². The largest absolute Gasteiger partial charge is 0.379 e. The van der Waals surface area contributed by atoms with E-state index in [4.69, 9.17) is 4.74 Å². The van der Waals surface area contributed by atoms with Crippen LogP contribution in [0.5, 0.6) is 0 Å². The number of aryl methyl sites for hydroxylation is 1. The Morgan fingerprint density at radius 1 is 1.06 bits per heavy atom. The number of rotatable bonds is 9. The van der Waals surface area contributed by atoms with E-state index in [-0.39, 0.29) is 17.3 Å². The van der Waals surface area contributed by atoms with Gasteiger partial charge in [-0.3, -0.25) is 4.90 Å². The Morgan fingerprint density at radius 2 is 1.76 bits per heavy atom. The van der Waals surface area contributed by atoms with Crippen molar-refractivity contribution in [2.75, 3.05) is 39.4 Å². The van der Waals surface area contributed by atoms with Gasteiger partial charge in [0, 0.05) is 45.1 Å². The zero-order chi connectivity index (χ0) is 23.3. The number of sulfonamides is 1. The molecule has 1 aliphatic heterocycles. The number of benzene rings is 2. The van der Waals surface area contributed by atoms with E-state index in [1.165, 1.54) is 16.4 Å². The van der Waals surface area contributed by atoms with Crippen LogP contribution in [0.2, 0.25) is 0 Å². The van der Waals surface area contributed by atoms with Crippen LogP contribution in [0.3, 0.4) is 0 Å². The molecule has 0 atom stereocenters. The number of halogens is 1. The summed E-state index contributed by atoms with van der Waals surface area (Å²) in [5.74, 6) is 0.347. The standard InChI is InChI=1S/C24H29FN4O3S/c1-20-2-8-23(9-3-20)33(30,31)29(13-12-27-14-16-32-17-15-27)19-24-26-10-11-28(24)18-21-4-6-22(25)7-5-21/h2-11H,12-19H2,1H3. The van der Waals surface area contributed by atoms with Gasteiger partial charge in [-0.2, -0.15) is 4.31 Å². The first-order valence-electron chi connectivity index (χ1n) is 11.0. The van der Waals surface area contributed by atoms with Crippen LogP contribution in [-0.4, -0.2) is 66.6 Å². The van der Waals surface area contributed by atoms with Gasteiger partial charge < -0.3 is 9.30 Å². The number of ether oxygens (including phenoxy) is 1. The fourth-order valence-corrected chi connectivity index (χ4v) is 5.19. The summed E-state index contributed by atoms with van der Waals surface area (Å²) in [4.78, 5) is 6.92. The molecular formula is C24H29FN4O3S. The zero-order valence-corrected chi connectivity index (χ0v) is 19.5. The summed E-state index contributed by atoms with van der Waals surface area (Å²) in [5, 5.41) is 0. The van der Waals surface area contributed by atoms with Crippen LogP contribution in [0.25, 0.3) is 0 Å². The second kappa shape index (κ2) is 10.6. The molecule has 0 aliphatic carbocycles. The van der Waals surface area contributed by atoms with E-state index < -0.39 is 10.0 Å². The lowest BCUT2D eigenvalue weighted by Gasteiger charge is -2.29. The number of imidazole rings is 1. The van der Waals surface area contributed by atoms with E-state index >= 15 is 0 Å². The lowest BCUT2D eigenvalue weighted by molar-refractivity contribution is 0.0360. The third kappa shape index (κ3) is 6.05. The molecule has 1 aromatic heterocycles. The normalized spacial score (nSPS) is 15.2. The molecule has 0 saturated carbocycles. The monoisotopic (exact) mass is 472 g/mol. The first kappa shape index (κ1) is 23.6. The Labute approximate surface area is 194 Å². The van der Waals surface area contributed by atoms with Crippen molar-refractivity contribution in [1.29, 1.82) is 0 Å². The summed E-state index contributed by atoms with van der Waals surface area (Å²) >= 11 is 0. The number of hydrogen-bond donors (Lipinski definition) is 0. The van der Waals surface area contributed by atoms with E-state index in [1.807, 2.05) is 29.8 Å². The minimum Gasteiger partial charge on any atom is -0.379 e. The molecule has 1 fully saturated rings. The molecule has 176 valence electrons. The molecule has 7 nitrogen and oxygen atoms in total. The van der Waals surface area contributed by atoms with Crippen molar-refractivity contribution in [1.82, 2.24) is 18.8 Å². The van der Waals surface area contributed by atoms with Crippen molar-refractivity contribution in [3.63, 3.8) is 0 Å². The highest BCUT2D eigenvalue weighted by Gasteiger charge is 2.27. The molecule has 0 amide bonds. The van der Waals surface area contributed by atoms with Crippen molar-refractivity contribution in [3.8, 4) is 0 Å². The van der Waals surface area contributed by atoms with E-state index in [0.29, 0.717) is 38.7 Å². The molecule has 0 unspecified atom stereocenters. The lowest BCUT2D eigenvalue weighted by atomic mass is 10.2. The predicted octanol–water partition coefficient (Wildman–Crippen LogP) is 2.90. The van der Waals surface area contributed by atoms with Crippen LogP contribution < -0.4 is 0 Å². The quantitative estimate of drug-likeness (QED) is 0.479. The van der Waals surface area contributed by atoms with Gasteiger partial charge in [0.2, 0.25) is 10.0 Å². The average molecular weight is 473 g/mol.